The molecule has 1 aromatic carbocycles. The molecule has 0 saturated heterocycles. The van der Waals surface area contributed by atoms with Crippen LogP contribution in [0.3, 0.4) is 0 Å². The van der Waals surface area contributed by atoms with Crippen molar-refractivity contribution in [2.75, 3.05) is 19.0 Å². The van der Waals surface area contributed by atoms with E-state index in [9.17, 15) is 13.2 Å². The van der Waals surface area contributed by atoms with Crippen LogP contribution < -0.4 is 5.32 Å². The van der Waals surface area contributed by atoms with Gasteiger partial charge in [0.05, 0.1) is 23.8 Å². The third-order valence-corrected chi connectivity index (χ3v) is 2.68. The predicted octanol–water partition coefficient (Wildman–Crippen LogP) is 3.41. The van der Waals surface area contributed by atoms with Gasteiger partial charge in [0.25, 0.3) is 0 Å². The molecule has 1 aromatic rings. The van der Waals surface area contributed by atoms with Crippen LogP contribution in [0, 0.1) is 11.3 Å². The largest absolute Gasteiger partial charge is 0.417 e. The Hall–Kier alpha value is -1.74. The van der Waals surface area contributed by atoms with Crippen molar-refractivity contribution in [1.29, 1.82) is 5.26 Å². The van der Waals surface area contributed by atoms with Crippen molar-refractivity contribution in [3.8, 4) is 6.07 Å². The minimum atomic E-state index is -4.54. The first-order chi connectivity index (χ1) is 8.92. The van der Waals surface area contributed by atoms with E-state index in [1.807, 2.05) is 6.92 Å². The lowest BCUT2D eigenvalue weighted by Crippen LogP contribution is -2.24. The SMILES string of the molecule is CCC(COC)Nc1ccc(C#N)c(C(F)(F)F)c1. The van der Waals surface area contributed by atoms with Crippen molar-refractivity contribution < 1.29 is 17.9 Å². The van der Waals surface area contributed by atoms with Crippen molar-refractivity contribution in [2.45, 2.75) is 25.6 Å². The lowest BCUT2D eigenvalue weighted by atomic mass is 10.1. The molecule has 1 rings (SSSR count). The smallest absolute Gasteiger partial charge is 0.383 e. The molecule has 0 bridgehead atoms. The number of hydrogen-bond acceptors (Lipinski definition) is 3. The normalized spacial score (nSPS) is 12.8. The van der Waals surface area contributed by atoms with Gasteiger partial charge in [-0.3, -0.25) is 0 Å². The number of nitrogens with one attached hydrogen (secondary N) is 1. The van der Waals surface area contributed by atoms with E-state index in [1.165, 1.54) is 19.2 Å². The number of ether oxygens (including phenoxy) is 1. The van der Waals surface area contributed by atoms with E-state index >= 15 is 0 Å². The van der Waals surface area contributed by atoms with Crippen LogP contribution >= 0.6 is 0 Å². The summed E-state index contributed by atoms with van der Waals surface area (Å²) < 4.78 is 43.3. The molecule has 1 N–H and O–H groups in total. The monoisotopic (exact) mass is 272 g/mol. The zero-order valence-corrected chi connectivity index (χ0v) is 10.7. The number of rotatable bonds is 5. The molecule has 1 atom stereocenters. The topological polar surface area (TPSA) is 45.0 Å². The summed E-state index contributed by atoms with van der Waals surface area (Å²) in [6, 6.07) is 5.07. The Bertz CT molecular complexity index is 466. The molecule has 19 heavy (non-hydrogen) atoms. The van der Waals surface area contributed by atoms with Crippen molar-refractivity contribution in [2.24, 2.45) is 0 Å². The van der Waals surface area contributed by atoms with E-state index in [0.29, 0.717) is 12.3 Å². The number of anilines is 1. The minimum absolute atomic E-state index is 0.0704. The maximum Gasteiger partial charge on any atom is 0.417 e. The molecule has 3 nitrogen and oxygen atoms in total. The van der Waals surface area contributed by atoms with Gasteiger partial charge in [-0.15, -0.1) is 0 Å². The molecular weight excluding hydrogens is 257 g/mol. The zero-order chi connectivity index (χ0) is 14.5. The van der Waals surface area contributed by atoms with Gasteiger partial charge in [0.15, 0.2) is 0 Å². The van der Waals surface area contributed by atoms with Gasteiger partial charge < -0.3 is 10.1 Å². The lowest BCUT2D eigenvalue weighted by Gasteiger charge is -2.18. The second-order valence-electron chi connectivity index (χ2n) is 4.07. The van der Waals surface area contributed by atoms with E-state index in [1.54, 1.807) is 6.07 Å². The molecule has 0 saturated carbocycles. The highest BCUT2D eigenvalue weighted by Gasteiger charge is 2.33. The van der Waals surface area contributed by atoms with Crippen LogP contribution in [-0.2, 0) is 10.9 Å². The summed E-state index contributed by atoms with van der Waals surface area (Å²) in [5, 5.41) is 11.7. The Labute approximate surface area is 110 Å². The van der Waals surface area contributed by atoms with E-state index in [0.717, 1.165) is 12.5 Å². The molecule has 0 fully saturated rings. The van der Waals surface area contributed by atoms with Crippen molar-refractivity contribution >= 4 is 5.69 Å². The second kappa shape index (κ2) is 6.43. The number of benzene rings is 1. The fraction of sp³-hybridized carbons (Fsp3) is 0.462. The van der Waals surface area contributed by atoms with E-state index < -0.39 is 11.7 Å². The molecule has 0 aliphatic carbocycles. The number of nitriles is 1. The molecule has 0 amide bonds. The first-order valence-electron chi connectivity index (χ1n) is 5.79. The Morgan fingerprint density at radius 3 is 2.58 bits per heavy atom. The highest BCUT2D eigenvalue weighted by molar-refractivity contribution is 5.53. The van der Waals surface area contributed by atoms with Crippen LogP contribution in [0.15, 0.2) is 18.2 Å². The van der Waals surface area contributed by atoms with E-state index in [-0.39, 0.29) is 11.6 Å². The van der Waals surface area contributed by atoms with Gasteiger partial charge in [0, 0.05) is 18.8 Å². The summed E-state index contributed by atoms with van der Waals surface area (Å²) in [6.07, 6.45) is -3.82. The number of nitrogens with zero attached hydrogens (tertiary/aromatic N) is 1. The summed E-state index contributed by atoms with van der Waals surface area (Å²) in [6.45, 7) is 2.31. The number of alkyl halides is 3. The van der Waals surface area contributed by atoms with Gasteiger partial charge >= 0.3 is 6.18 Å². The fourth-order valence-corrected chi connectivity index (χ4v) is 1.66. The van der Waals surface area contributed by atoms with Crippen molar-refractivity contribution in [1.82, 2.24) is 0 Å². The molecule has 1 unspecified atom stereocenters. The summed E-state index contributed by atoms with van der Waals surface area (Å²) in [4.78, 5) is 0. The highest BCUT2D eigenvalue weighted by Crippen LogP contribution is 2.33. The summed E-state index contributed by atoms with van der Waals surface area (Å²) in [7, 11) is 1.53. The van der Waals surface area contributed by atoms with Crippen LogP contribution in [0.1, 0.15) is 24.5 Å². The van der Waals surface area contributed by atoms with E-state index in [4.69, 9.17) is 10.00 Å². The van der Waals surface area contributed by atoms with E-state index in [2.05, 4.69) is 5.32 Å². The van der Waals surface area contributed by atoms with Crippen LogP contribution in [0.5, 0.6) is 0 Å². The van der Waals surface area contributed by atoms with Crippen LogP contribution in [0.4, 0.5) is 18.9 Å². The quantitative estimate of drug-likeness (QED) is 0.893. The number of halogens is 3. The average Bonchev–Trinajstić information content (AvgIpc) is 2.37. The Balaban J connectivity index is 3.02. The Kier molecular flexibility index (Phi) is 5.19. The molecule has 0 radical (unpaired) electrons. The standard InChI is InChI=1S/C13H15F3N2O/c1-3-10(8-19-2)18-11-5-4-9(7-17)12(6-11)13(14,15)16/h4-6,10,18H,3,8H2,1-2H3. The first-order valence-corrected chi connectivity index (χ1v) is 5.79. The van der Waals surface area contributed by atoms with Crippen molar-refractivity contribution in [3.05, 3.63) is 29.3 Å². The summed E-state index contributed by atoms with van der Waals surface area (Å²) >= 11 is 0. The molecule has 0 aromatic heterocycles. The molecular formula is C13H15F3N2O. The van der Waals surface area contributed by atoms with Gasteiger partial charge in [-0.05, 0) is 24.6 Å². The number of methoxy groups -OCH3 is 1. The van der Waals surface area contributed by atoms with Crippen molar-refractivity contribution in [3.63, 3.8) is 0 Å². The first kappa shape index (κ1) is 15.3. The van der Waals surface area contributed by atoms with Gasteiger partial charge in [-0.1, -0.05) is 6.92 Å². The van der Waals surface area contributed by atoms with Crippen LogP contribution in [0.2, 0.25) is 0 Å². The number of hydrogen-bond donors (Lipinski definition) is 1. The van der Waals surface area contributed by atoms with Crippen LogP contribution in [-0.4, -0.2) is 19.8 Å². The Morgan fingerprint density at radius 2 is 2.11 bits per heavy atom. The average molecular weight is 272 g/mol. The maximum atomic E-state index is 12.8. The highest BCUT2D eigenvalue weighted by atomic mass is 19.4. The molecule has 6 heteroatoms. The summed E-state index contributed by atoms with van der Waals surface area (Å²) in [5.74, 6) is 0. The zero-order valence-electron chi connectivity index (χ0n) is 10.7. The molecule has 0 aliphatic rings. The van der Waals surface area contributed by atoms with Gasteiger partial charge in [-0.25, -0.2) is 0 Å². The third-order valence-electron chi connectivity index (χ3n) is 2.68. The summed E-state index contributed by atoms with van der Waals surface area (Å²) in [5.41, 5.74) is -0.972. The fourth-order valence-electron chi connectivity index (χ4n) is 1.66. The third kappa shape index (κ3) is 4.14. The molecule has 0 heterocycles. The maximum absolute atomic E-state index is 12.8. The second-order valence-corrected chi connectivity index (χ2v) is 4.07. The van der Waals surface area contributed by atoms with Gasteiger partial charge in [-0.2, -0.15) is 18.4 Å². The predicted molar refractivity (Wildman–Crippen MR) is 65.7 cm³/mol. The lowest BCUT2D eigenvalue weighted by molar-refractivity contribution is -0.137. The van der Waals surface area contributed by atoms with Gasteiger partial charge in [0.1, 0.15) is 0 Å². The van der Waals surface area contributed by atoms with Gasteiger partial charge in [0.2, 0.25) is 0 Å². The minimum Gasteiger partial charge on any atom is -0.383 e. The van der Waals surface area contributed by atoms with Crippen LogP contribution in [0.25, 0.3) is 0 Å². The Morgan fingerprint density at radius 1 is 1.42 bits per heavy atom. The molecule has 0 aliphatic heterocycles. The molecule has 0 spiro atoms. The molecule has 104 valence electrons.